The molecule has 2 atom stereocenters. The van der Waals surface area contributed by atoms with Gasteiger partial charge in [-0.2, -0.15) is 0 Å². The Bertz CT molecular complexity index is 2280. The van der Waals surface area contributed by atoms with Crippen LogP contribution in [0.1, 0.15) is 64.7 Å². The van der Waals surface area contributed by atoms with Crippen molar-refractivity contribution in [2.45, 2.75) is 44.7 Å². The van der Waals surface area contributed by atoms with Gasteiger partial charge in [-0.15, -0.1) is 16.4 Å². The van der Waals surface area contributed by atoms with E-state index in [-0.39, 0.29) is 29.2 Å². The van der Waals surface area contributed by atoms with Gasteiger partial charge in [0, 0.05) is 34.8 Å². The fourth-order valence-electron chi connectivity index (χ4n) is 6.78. The highest BCUT2D eigenvalue weighted by Gasteiger charge is 2.45. The fraction of sp³-hybridized carbons (Fsp3) is 0.229. The minimum Gasteiger partial charge on any atom is -0.388 e. The number of pyridine rings is 2. The molecule has 0 aliphatic carbocycles. The first-order valence-electron chi connectivity index (χ1n) is 15.5. The Balaban J connectivity index is 1.30. The van der Waals surface area contributed by atoms with Gasteiger partial charge in [-0.05, 0) is 73.9 Å². The number of anilines is 1. The van der Waals surface area contributed by atoms with Crippen LogP contribution in [-0.2, 0) is 12.8 Å². The number of halogens is 3. The summed E-state index contributed by atoms with van der Waals surface area (Å²) < 4.78 is 48.2. The summed E-state index contributed by atoms with van der Waals surface area (Å²) in [5, 5.41) is 10.6. The van der Waals surface area contributed by atoms with Gasteiger partial charge in [0.2, 0.25) is 0 Å². The quantitative estimate of drug-likeness (QED) is 0.174. The van der Waals surface area contributed by atoms with E-state index in [0.717, 1.165) is 34.6 Å². The van der Waals surface area contributed by atoms with Crippen molar-refractivity contribution in [2.24, 2.45) is 0 Å². The molecule has 242 valence electrons. The second-order valence-electron chi connectivity index (χ2n) is 12.0. The van der Waals surface area contributed by atoms with Crippen LogP contribution in [0.5, 0.6) is 0 Å². The lowest BCUT2D eigenvalue weighted by atomic mass is 9.93. The number of H-pyrrole nitrogens is 1. The van der Waals surface area contributed by atoms with Gasteiger partial charge >= 0.3 is 5.76 Å². The van der Waals surface area contributed by atoms with Gasteiger partial charge < -0.3 is 14.6 Å². The number of benzene rings is 2. The number of thiophene rings is 1. The Morgan fingerprint density at radius 2 is 1.83 bits per heavy atom. The molecule has 6 heterocycles. The van der Waals surface area contributed by atoms with Crippen LogP contribution in [0.15, 0.2) is 70.0 Å². The van der Waals surface area contributed by atoms with Gasteiger partial charge in [0.15, 0.2) is 0 Å². The summed E-state index contributed by atoms with van der Waals surface area (Å²) in [6.07, 6.45) is 4.19. The molecule has 1 amide bonds. The van der Waals surface area contributed by atoms with Crippen molar-refractivity contribution in [1.82, 2.24) is 25.1 Å². The predicted molar refractivity (Wildman–Crippen MR) is 174 cm³/mol. The SMILES string of the molecule is CC(Nc1nccc2cc(-c3c4c(nc(CCc5ccc(F)cc5)c3-c3n[nH]c(=O)o3)C3CCCN3C4=O)sc12)c1ccc(F)cc1F. The first kappa shape index (κ1) is 30.1. The van der Waals surface area contributed by atoms with Crippen LogP contribution in [0.2, 0.25) is 0 Å². The maximum absolute atomic E-state index is 14.6. The van der Waals surface area contributed by atoms with Gasteiger partial charge in [-0.25, -0.2) is 28.0 Å². The number of aromatic amines is 1. The van der Waals surface area contributed by atoms with E-state index in [1.165, 1.54) is 35.6 Å². The molecule has 13 heteroatoms. The number of aromatic nitrogens is 4. The molecule has 2 unspecified atom stereocenters. The zero-order chi connectivity index (χ0) is 33.1. The Labute approximate surface area is 275 Å². The largest absolute Gasteiger partial charge is 0.434 e. The number of fused-ring (bicyclic) bond motifs is 4. The lowest BCUT2D eigenvalue weighted by molar-refractivity contribution is 0.0776. The van der Waals surface area contributed by atoms with Crippen LogP contribution in [-0.4, -0.2) is 37.5 Å². The second-order valence-corrected chi connectivity index (χ2v) is 13.0. The van der Waals surface area contributed by atoms with Crippen LogP contribution in [0.4, 0.5) is 19.0 Å². The molecule has 2 aliphatic rings. The molecule has 2 aliphatic heterocycles. The number of rotatable bonds is 8. The first-order chi connectivity index (χ1) is 23.2. The van der Waals surface area contributed by atoms with Crippen molar-refractivity contribution in [3.8, 4) is 21.9 Å². The number of aryl methyl sites for hydroxylation is 2. The Morgan fingerprint density at radius 3 is 2.60 bits per heavy atom. The molecule has 0 saturated carbocycles. The number of nitrogens with one attached hydrogen (secondary N) is 2. The van der Waals surface area contributed by atoms with Crippen molar-refractivity contribution in [3.63, 3.8) is 0 Å². The molecule has 48 heavy (non-hydrogen) atoms. The van der Waals surface area contributed by atoms with E-state index < -0.39 is 23.4 Å². The highest BCUT2D eigenvalue weighted by atomic mass is 32.1. The number of nitrogens with zero attached hydrogens (tertiary/aromatic N) is 4. The van der Waals surface area contributed by atoms with Crippen molar-refractivity contribution in [2.75, 3.05) is 11.9 Å². The van der Waals surface area contributed by atoms with Crippen LogP contribution in [0.25, 0.3) is 32.0 Å². The van der Waals surface area contributed by atoms with Gasteiger partial charge in [0.1, 0.15) is 23.3 Å². The molecule has 1 fully saturated rings. The Hall–Kier alpha value is -5.30. The summed E-state index contributed by atoms with van der Waals surface area (Å²) in [5.41, 5.74) is 3.89. The van der Waals surface area contributed by atoms with E-state index in [2.05, 4.69) is 20.5 Å². The molecule has 9 nitrogen and oxygen atoms in total. The smallest absolute Gasteiger partial charge is 0.388 e. The molecule has 4 aromatic heterocycles. The maximum atomic E-state index is 14.6. The summed E-state index contributed by atoms with van der Waals surface area (Å²) in [6, 6.07) is 12.8. The molecule has 0 radical (unpaired) electrons. The van der Waals surface area contributed by atoms with Crippen molar-refractivity contribution in [1.29, 1.82) is 0 Å². The molecule has 2 aromatic carbocycles. The van der Waals surface area contributed by atoms with Crippen LogP contribution in [0.3, 0.4) is 0 Å². The predicted octanol–water partition coefficient (Wildman–Crippen LogP) is 7.37. The summed E-state index contributed by atoms with van der Waals surface area (Å²) in [6.45, 7) is 2.37. The van der Waals surface area contributed by atoms with Gasteiger partial charge in [0.25, 0.3) is 11.8 Å². The van der Waals surface area contributed by atoms with Gasteiger partial charge in [-0.3, -0.25) is 9.78 Å². The van der Waals surface area contributed by atoms with E-state index in [0.29, 0.717) is 58.2 Å². The Morgan fingerprint density at radius 1 is 1.02 bits per heavy atom. The first-order valence-corrected chi connectivity index (χ1v) is 16.3. The van der Waals surface area contributed by atoms with E-state index in [1.54, 1.807) is 25.3 Å². The zero-order valence-electron chi connectivity index (χ0n) is 25.5. The minimum atomic E-state index is -0.748. The fourth-order valence-corrected chi connectivity index (χ4v) is 7.95. The van der Waals surface area contributed by atoms with Crippen LogP contribution >= 0.6 is 11.3 Å². The molecular formula is C35H27F3N6O3S. The van der Waals surface area contributed by atoms with E-state index >= 15 is 0 Å². The topological polar surface area (TPSA) is 117 Å². The van der Waals surface area contributed by atoms with E-state index in [4.69, 9.17) is 9.40 Å². The minimum absolute atomic E-state index is 0.00797. The normalized spacial score (nSPS) is 16.0. The summed E-state index contributed by atoms with van der Waals surface area (Å²) in [4.78, 5) is 38.5. The molecule has 8 rings (SSSR count). The summed E-state index contributed by atoms with van der Waals surface area (Å²) in [5.74, 6) is -2.06. The molecule has 1 saturated heterocycles. The lowest BCUT2D eigenvalue weighted by Crippen LogP contribution is -2.22. The van der Waals surface area contributed by atoms with Gasteiger partial charge in [-0.1, -0.05) is 18.2 Å². The third-order valence-corrected chi connectivity index (χ3v) is 10.2. The maximum Gasteiger partial charge on any atom is 0.434 e. The summed E-state index contributed by atoms with van der Waals surface area (Å²) >= 11 is 1.38. The molecule has 0 bridgehead atoms. The molecule has 2 N–H and O–H groups in total. The van der Waals surface area contributed by atoms with Crippen molar-refractivity contribution >= 4 is 33.1 Å². The Kier molecular flexibility index (Phi) is 7.35. The molecule has 6 aromatic rings. The standard InChI is InChI=1S/C35H27F3N6O3S/c1-17(22-10-9-21(37)16-23(22)38)40-32-31-19(12-13-39-32)15-26(48-31)28-27(33-42-43-35(46)47-33)24(11-6-18-4-7-20(36)8-5-18)41-30-25-3-2-14-44(25)34(45)29(28)30/h4-5,7-10,12-13,15-17,25H,2-3,6,11,14H2,1H3,(H,39,40)(H,43,46). The zero-order valence-corrected chi connectivity index (χ0v) is 26.3. The van der Waals surface area contributed by atoms with E-state index in [9.17, 15) is 22.8 Å². The van der Waals surface area contributed by atoms with Crippen molar-refractivity contribution in [3.05, 3.63) is 117 Å². The highest BCUT2D eigenvalue weighted by Crippen LogP contribution is 2.50. The molecule has 0 spiro atoms. The number of hydrogen-bond donors (Lipinski definition) is 2. The summed E-state index contributed by atoms with van der Waals surface area (Å²) in [7, 11) is 0. The van der Waals surface area contributed by atoms with Crippen LogP contribution in [0, 0.1) is 17.5 Å². The number of amides is 1. The number of hydrogen-bond acceptors (Lipinski definition) is 8. The highest BCUT2D eigenvalue weighted by molar-refractivity contribution is 7.23. The number of carbonyl (C=O) groups is 1. The van der Waals surface area contributed by atoms with Crippen LogP contribution < -0.4 is 11.1 Å². The monoisotopic (exact) mass is 668 g/mol. The second kappa shape index (κ2) is 11.7. The van der Waals surface area contributed by atoms with E-state index in [1.807, 2.05) is 17.0 Å². The van der Waals surface area contributed by atoms with Gasteiger partial charge in [0.05, 0.1) is 39.3 Å². The average Bonchev–Trinajstić information content (AvgIpc) is 3.86. The number of carbonyl (C=O) groups excluding carboxylic acids is 1. The molecular weight excluding hydrogens is 641 g/mol. The lowest BCUT2D eigenvalue weighted by Gasteiger charge is -2.16. The third kappa shape index (κ3) is 5.14. The average molecular weight is 669 g/mol. The third-order valence-electron chi connectivity index (χ3n) is 9.02. The van der Waals surface area contributed by atoms with Crippen molar-refractivity contribution < 1.29 is 22.4 Å².